The molecule has 1 fully saturated rings. The number of benzene rings is 1. The van der Waals surface area contributed by atoms with E-state index in [1.165, 1.54) is 5.52 Å². The van der Waals surface area contributed by atoms with Gasteiger partial charge in [-0.3, -0.25) is 0 Å². The highest BCUT2D eigenvalue weighted by Crippen LogP contribution is 2.36. The fourth-order valence-electron chi connectivity index (χ4n) is 3.10. The third-order valence-corrected chi connectivity index (χ3v) is 5.29. The van der Waals surface area contributed by atoms with Gasteiger partial charge in [0.25, 0.3) is 0 Å². The van der Waals surface area contributed by atoms with E-state index in [1.807, 2.05) is 7.05 Å². The molecule has 24 heavy (non-hydrogen) atoms. The Morgan fingerprint density at radius 2 is 1.83 bits per heavy atom. The van der Waals surface area contributed by atoms with Crippen LogP contribution in [0.5, 0.6) is 0 Å². The monoisotopic (exact) mass is 329 g/mol. The molecule has 130 valence electrons. The van der Waals surface area contributed by atoms with Gasteiger partial charge >= 0.3 is 7.12 Å². The van der Waals surface area contributed by atoms with Crippen LogP contribution in [0, 0.1) is 0 Å². The quantitative estimate of drug-likeness (QED) is 0.854. The summed E-state index contributed by atoms with van der Waals surface area (Å²) < 4.78 is 14.6. The summed E-state index contributed by atoms with van der Waals surface area (Å²) in [5.74, 6) is 1.12. The molecule has 1 aromatic carbocycles. The summed E-state index contributed by atoms with van der Waals surface area (Å²) in [5, 5.41) is 3.19. The Balaban J connectivity index is 1.95. The number of likely N-dealkylation sites (N-methyl/N-ethyl adjacent to an activating group) is 1. The van der Waals surface area contributed by atoms with E-state index in [0.29, 0.717) is 0 Å². The van der Waals surface area contributed by atoms with Crippen molar-refractivity contribution in [2.75, 3.05) is 13.6 Å². The minimum Gasteiger partial charge on any atom is -0.399 e. The van der Waals surface area contributed by atoms with E-state index in [1.54, 1.807) is 0 Å². The largest absolute Gasteiger partial charge is 0.494 e. The van der Waals surface area contributed by atoms with Crippen LogP contribution in [0.3, 0.4) is 0 Å². The van der Waals surface area contributed by atoms with Gasteiger partial charge in [-0.1, -0.05) is 6.07 Å². The normalized spacial score (nSPS) is 19.3. The van der Waals surface area contributed by atoms with Gasteiger partial charge in [-0.05, 0) is 59.3 Å². The van der Waals surface area contributed by atoms with Gasteiger partial charge in [-0.2, -0.15) is 0 Å². The van der Waals surface area contributed by atoms with Crippen LogP contribution < -0.4 is 10.8 Å². The first-order chi connectivity index (χ1) is 11.3. The van der Waals surface area contributed by atoms with Crippen LogP contribution in [0.4, 0.5) is 0 Å². The van der Waals surface area contributed by atoms with Crippen molar-refractivity contribution in [3.63, 3.8) is 0 Å². The predicted octanol–water partition coefficient (Wildman–Crippen LogP) is 2.12. The van der Waals surface area contributed by atoms with Crippen molar-refractivity contribution in [1.82, 2.24) is 14.9 Å². The molecule has 1 aliphatic heterocycles. The van der Waals surface area contributed by atoms with E-state index in [0.717, 1.165) is 36.3 Å². The van der Waals surface area contributed by atoms with Gasteiger partial charge in [0.2, 0.25) is 0 Å². The molecular weight excluding hydrogens is 301 g/mol. The smallest absolute Gasteiger partial charge is 0.399 e. The van der Waals surface area contributed by atoms with Gasteiger partial charge in [-0.15, -0.1) is 0 Å². The molecule has 2 heterocycles. The zero-order valence-corrected chi connectivity index (χ0v) is 15.6. The maximum atomic E-state index is 6.16. The highest BCUT2D eigenvalue weighted by molar-refractivity contribution is 6.62. The predicted molar refractivity (Wildman–Crippen MR) is 98.8 cm³/mol. The second-order valence-electron chi connectivity index (χ2n) is 7.46. The molecule has 0 unspecified atom stereocenters. The molecule has 1 aromatic heterocycles. The molecule has 3 rings (SSSR count). The van der Waals surface area contributed by atoms with Crippen molar-refractivity contribution in [1.29, 1.82) is 0 Å². The number of hydrogen-bond donors (Lipinski definition) is 1. The van der Waals surface area contributed by atoms with Crippen molar-refractivity contribution in [3.05, 3.63) is 24.0 Å². The Hall–Kier alpha value is -1.37. The van der Waals surface area contributed by atoms with Crippen molar-refractivity contribution >= 4 is 23.6 Å². The molecule has 1 saturated heterocycles. The van der Waals surface area contributed by atoms with E-state index in [-0.39, 0.29) is 18.3 Å². The lowest BCUT2D eigenvalue weighted by molar-refractivity contribution is 0.00578. The maximum Gasteiger partial charge on any atom is 0.494 e. The molecule has 0 atom stereocenters. The lowest BCUT2D eigenvalue weighted by Gasteiger charge is -2.32. The lowest BCUT2D eigenvalue weighted by atomic mass is 9.79. The van der Waals surface area contributed by atoms with Gasteiger partial charge in [-0.25, -0.2) is 4.98 Å². The number of nitrogens with one attached hydrogen (secondary N) is 1. The minimum atomic E-state index is -0.341. The fourth-order valence-corrected chi connectivity index (χ4v) is 3.10. The summed E-state index contributed by atoms with van der Waals surface area (Å²) in [6.45, 7) is 12.3. The van der Waals surface area contributed by atoms with E-state index in [9.17, 15) is 0 Å². The van der Waals surface area contributed by atoms with Gasteiger partial charge < -0.3 is 19.2 Å². The van der Waals surface area contributed by atoms with Crippen molar-refractivity contribution in [2.24, 2.45) is 0 Å². The number of fused-ring (bicyclic) bond motifs is 1. The summed E-state index contributed by atoms with van der Waals surface area (Å²) in [7, 11) is 1.63. The molecule has 0 aliphatic carbocycles. The van der Waals surface area contributed by atoms with Crippen LogP contribution >= 0.6 is 0 Å². The van der Waals surface area contributed by atoms with Gasteiger partial charge in [0, 0.05) is 19.5 Å². The number of aromatic nitrogens is 2. The van der Waals surface area contributed by atoms with Crippen LogP contribution in [0.25, 0.3) is 11.0 Å². The fraction of sp³-hybridized carbons (Fsp3) is 0.611. The molecular formula is C18H28BN3O2. The third kappa shape index (κ3) is 2.87. The molecule has 0 bridgehead atoms. The summed E-state index contributed by atoms with van der Waals surface area (Å²) in [6, 6.07) is 6.34. The molecule has 1 aliphatic rings. The Kier molecular flexibility index (Phi) is 4.49. The van der Waals surface area contributed by atoms with E-state index in [2.05, 4.69) is 62.7 Å². The summed E-state index contributed by atoms with van der Waals surface area (Å²) in [5.41, 5.74) is 2.56. The van der Waals surface area contributed by atoms with Crippen LogP contribution in [-0.2, 0) is 22.3 Å². The molecule has 0 amide bonds. The Labute approximate surface area is 144 Å². The first kappa shape index (κ1) is 17.5. The average Bonchev–Trinajstić information content (AvgIpc) is 2.97. The number of nitrogens with zero attached hydrogens (tertiary/aromatic N) is 2. The average molecular weight is 329 g/mol. The molecule has 6 heteroatoms. The number of aryl methyl sites for hydroxylation is 1. The second kappa shape index (κ2) is 6.17. The van der Waals surface area contributed by atoms with E-state index >= 15 is 0 Å². The molecule has 1 N–H and O–H groups in total. The van der Waals surface area contributed by atoms with Crippen molar-refractivity contribution in [3.8, 4) is 0 Å². The topological polar surface area (TPSA) is 48.3 Å². The van der Waals surface area contributed by atoms with Crippen molar-refractivity contribution in [2.45, 2.75) is 58.8 Å². The molecule has 5 nitrogen and oxygen atoms in total. The van der Waals surface area contributed by atoms with E-state index in [4.69, 9.17) is 14.3 Å². The van der Waals surface area contributed by atoms with Gasteiger partial charge in [0.1, 0.15) is 5.82 Å². The highest BCUT2D eigenvalue weighted by atomic mass is 16.7. The van der Waals surface area contributed by atoms with Crippen molar-refractivity contribution < 1.29 is 9.31 Å². The third-order valence-electron chi connectivity index (χ3n) is 5.29. The van der Waals surface area contributed by atoms with E-state index < -0.39 is 0 Å². The van der Waals surface area contributed by atoms with Crippen LogP contribution in [0.2, 0.25) is 0 Å². The first-order valence-electron chi connectivity index (χ1n) is 8.78. The molecule has 2 aromatic rings. The molecule has 0 saturated carbocycles. The van der Waals surface area contributed by atoms with Crippen LogP contribution in [-0.4, -0.2) is 41.5 Å². The highest BCUT2D eigenvalue weighted by Gasteiger charge is 2.51. The summed E-state index contributed by atoms with van der Waals surface area (Å²) in [4.78, 5) is 4.84. The van der Waals surface area contributed by atoms with Crippen LogP contribution in [0.1, 0.15) is 40.4 Å². The number of rotatable bonds is 5. The summed E-state index contributed by atoms with van der Waals surface area (Å²) in [6.07, 6.45) is 0.921. The number of hydrogen-bond acceptors (Lipinski definition) is 4. The van der Waals surface area contributed by atoms with Gasteiger partial charge in [0.05, 0.1) is 22.2 Å². The minimum absolute atomic E-state index is 0.326. The zero-order valence-electron chi connectivity index (χ0n) is 15.6. The maximum absolute atomic E-state index is 6.16. The Bertz CT molecular complexity index is 723. The molecule has 0 radical (unpaired) electrons. The van der Waals surface area contributed by atoms with Crippen LogP contribution in [0.15, 0.2) is 18.2 Å². The standard InChI is InChI=1S/C18H28BN3O2/c1-7-22-15-9-8-13(12-14(15)21-16(22)10-11-20-6)19-23-17(2,3)18(4,5)24-19/h8-9,12,20H,7,10-11H2,1-6H3. The zero-order chi connectivity index (χ0) is 17.5. The molecule has 0 spiro atoms. The summed E-state index contributed by atoms with van der Waals surface area (Å²) >= 11 is 0. The lowest BCUT2D eigenvalue weighted by Crippen LogP contribution is -2.41. The Morgan fingerprint density at radius 3 is 2.42 bits per heavy atom. The first-order valence-corrected chi connectivity index (χ1v) is 8.78. The SMILES string of the molecule is CCn1c(CCNC)nc2cc(B3OC(C)(C)C(C)(C)O3)ccc21. The Morgan fingerprint density at radius 1 is 1.17 bits per heavy atom. The van der Waals surface area contributed by atoms with Gasteiger partial charge in [0.15, 0.2) is 0 Å². The number of imidazole rings is 1. The second-order valence-corrected chi connectivity index (χ2v) is 7.46.